The van der Waals surface area contributed by atoms with Gasteiger partial charge in [-0.2, -0.15) is 0 Å². The van der Waals surface area contributed by atoms with E-state index in [9.17, 15) is 0 Å². The van der Waals surface area contributed by atoms with Gasteiger partial charge in [-0.25, -0.2) is 0 Å². The van der Waals surface area contributed by atoms with Crippen molar-refractivity contribution < 1.29 is 0 Å². The van der Waals surface area contributed by atoms with Crippen LogP contribution in [0, 0.1) is 0 Å². The second-order valence-corrected chi connectivity index (χ2v) is 3.96. The molecule has 0 atom stereocenters. The van der Waals surface area contributed by atoms with E-state index in [0.29, 0.717) is 11.4 Å². The lowest BCUT2D eigenvalue weighted by Gasteiger charge is -2.07. The number of benzene rings is 1. The summed E-state index contributed by atoms with van der Waals surface area (Å²) in [4.78, 5) is 0. The molecule has 4 heteroatoms. The topological polar surface area (TPSA) is 78.1 Å². The van der Waals surface area contributed by atoms with Crippen molar-refractivity contribution in [1.29, 1.82) is 0 Å². The fourth-order valence-electron chi connectivity index (χ4n) is 1.43. The summed E-state index contributed by atoms with van der Waals surface area (Å²) in [5, 5.41) is 2.67. The zero-order valence-electron chi connectivity index (χ0n) is 7.53. The second kappa shape index (κ2) is 3.23. The Labute approximate surface area is 86.1 Å². The zero-order chi connectivity index (χ0) is 10.1. The number of hydrogen-bond acceptors (Lipinski definition) is 4. The van der Waals surface area contributed by atoms with E-state index in [1.807, 2.05) is 29.6 Å². The SMILES string of the molecule is Nc1cccc(N)c1-c1ccsc1N. The van der Waals surface area contributed by atoms with E-state index in [4.69, 9.17) is 17.2 Å². The minimum atomic E-state index is 0.662. The van der Waals surface area contributed by atoms with Crippen LogP contribution in [0.2, 0.25) is 0 Å². The molecule has 2 aromatic rings. The molecule has 6 N–H and O–H groups in total. The average Bonchev–Trinajstić information content (AvgIpc) is 2.52. The van der Waals surface area contributed by atoms with E-state index >= 15 is 0 Å². The lowest BCUT2D eigenvalue weighted by molar-refractivity contribution is 1.64. The van der Waals surface area contributed by atoms with Gasteiger partial charge in [0.05, 0.1) is 5.00 Å². The Hall–Kier alpha value is -1.68. The monoisotopic (exact) mass is 205 g/mol. The Morgan fingerprint density at radius 3 is 2.07 bits per heavy atom. The Kier molecular flexibility index (Phi) is 2.05. The molecule has 0 fully saturated rings. The normalized spacial score (nSPS) is 10.3. The van der Waals surface area contributed by atoms with Crippen molar-refractivity contribution in [3.8, 4) is 11.1 Å². The fraction of sp³-hybridized carbons (Fsp3) is 0. The number of hydrogen-bond donors (Lipinski definition) is 3. The fourth-order valence-corrected chi connectivity index (χ4v) is 2.08. The molecule has 0 bridgehead atoms. The van der Waals surface area contributed by atoms with E-state index in [1.54, 1.807) is 0 Å². The third-order valence-corrected chi connectivity index (χ3v) is 2.84. The Balaban J connectivity index is 2.68. The molecule has 0 spiro atoms. The molecule has 1 aromatic heterocycles. The maximum atomic E-state index is 5.85. The van der Waals surface area contributed by atoms with E-state index in [1.165, 1.54) is 11.3 Å². The summed E-state index contributed by atoms with van der Waals surface area (Å²) >= 11 is 1.48. The van der Waals surface area contributed by atoms with Gasteiger partial charge in [0.1, 0.15) is 0 Å². The quantitative estimate of drug-likeness (QED) is 0.624. The van der Waals surface area contributed by atoms with Crippen molar-refractivity contribution in [3.05, 3.63) is 29.6 Å². The minimum absolute atomic E-state index is 0.662. The van der Waals surface area contributed by atoms with Gasteiger partial charge in [0.25, 0.3) is 0 Å². The Bertz CT molecular complexity index is 442. The largest absolute Gasteiger partial charge is 0.398 e. The van der Waals surface area contributed by atoms with Crippen LogP contribution in [-0.2, 0) is 0 Å². The van der Waals surface area contributed by atoms with Gasteiger partial charge in [0.15, 0.2) is 0 Å². The highest BCUT2D eigenvalue weighted by molar-refractivity contribution is 7.14. The molecule has 72 valence electrons. The molecule has 0 amide bonds. The number of nitrogen functional groups attached to an aromatic ring is 3. The van der Waals surface area contributed by atoms with Gasteiger partial charge in [-0.15, -0.1) is 11.3 Å². The van der Waals surface area contributed by atoms with Crippen LogP contribution < -0.4 is 17.2 Å². The van der Waals surface area contributed by atoms with Crippen molar-refractivity contribution in [2.24, 2.45) is 0 Å². The van der Waals surface area contributed by atoms with Gasteiger partial charge in [-0.1, -0.05) is 6.07 Å². The van der Waals surface area contributed by atoms with Crippen molar-refractivity contribution >= 4 is 27.7 Å². The third-order valence-electron chi connectivity index (χ3n) is 2.09. The van der Waals surface area contributed by atoms with Crippen LogP contribution in [0.4, 0.5) is 16.4 Å². The summed E-state index contributed by atoms with van der Waals surface area (Å²) in [5.74, 6) is 0. The number of rotatable bonds is 1. The van der Waals surface area contributed by atoms with Crippen molar-refractivity contribution in [3.63, 3.8) is 0 Å². The van der Waals surface area contributed by atoms with Crippen molar-refractivity contribution in [2.45, 2.75) is 0 Å². The van der Waals surface area contributed by atoms with E-state index in [0.717, 1.165) is 16.1 Å². The first-order chi connectivity index (χ1) is 6.70. The summed E-state index contributed by atoms with van der Waals surface area (Å²) in [6.45, 7) is 0. The average molecular weight is 205 g/mol. The lowest BCUT2D eigenvalue weighted by Crippen LogP contribution is -1.96. The smallest absolute Gasteiger partial charge is 0.0937 e. The van der Waals surface area contributed by atoms with Crippen molar-refractivity contribution in [1.82, 2.24) is 0 Å². The summed E-state index contributed by atoms with van der Waals surface area (Å²) in [7, 11) is 0. The first-order valence-electron chi connectivity index (χ1n) is 4.17. The molecule has 0 aliphatic carbocycles. The van der Waals surface area contributed by atoms with Crippen LogP contribution in [0.25, 0.3) is 11.1 Å². The lowest BCUT2D eigenvalue weighted by atomic mass is 10.0. The van der Waals surface area contributed by atoms with Crippen molar-refractivity contribution in [2.75, 3.05) is 17.2 Å². The summed E-state index contributed by atoms with van der Waals surface area (Å²) in [6, 6.07) is 7.41. The summed E-state index contributed by atoms with van der Waals surface area (Å²) < 4.78 is 0. The Morgan fingerprint density at radius 2 is 1.57 bits per heavy atom. The molecule has 0 unspecified atom stereocenters. The summed E-state index contributed by atoms with van der Waals surface area (Å²) in [6.07, 6.45) is 0. The van der Waals surface area contributed by atoms with Crippen LogP contribution in [0.3, 0.4) is 0 Å². The molecule has 0 aliphatic heterocycles. The molecule has 2 rings (SSSR count). The molecule has 0 saturated heterocycles. The standard InChI is InChI=1S/C10H11N3S/c11-7-2-1-3-8(12)9(7)6-4-5-14-10(6)13/h1-5H,11-13H2. The van der Waals surface area contributed by atoms with E-state index < -0.39 is 0 Å². The first-order valence-corrected chi connectivity index (χ1v) is 5.05. The van der Waals surface area contributed by atoms with Gasteiger partial charge in [0, 0.05) is 22.5 Å². The maximum Gasteiger partial charge on any atom is 0.0937 e. The number of thiophene rings is 1. The van der Waals surface area contributed by atoms with Crippen LogP contribution in [0.1, 0.15) is 0 Å². The van der Waals surface area contributed by atoms with Crippen LogP contribution >= 0.6 is 11.3 Å². The van der Waals surface area contributed by atoms with Crippen LogP contribution in [0.5, 0.6) is 0 Å². The molecule has 1 aromatic carbocycles. The molecule has 1 heterocycles. The highest BCUT2D eigenvalue weighted by atomic mass is 32.1. The predicted octanol–water partition coefficient (Wildman–Crippen LogP) is 2.16. The predicted molar refractivity (Wildman–Crippen MR) is 63.0 cm³/mol. The first kappa shape index (κ1) is 8.90. The van der Waals surface area contributed by atoms with E-state index in [-0.39, 0.29) is 0 Å². The number of anilines is 3. The molecule has 0 aliphatic rings. The molecule has 0 saturated carbocycles. The van der Waals surface area contributed by atoms with Gasteiger partial charge >= 0.3 is 0 Å². The van der Waals surface area contributed by atoms with Crippen LogP contribution in [-0.4, -0.2) is 0 Å². The molecule has 0 radical (unpaired) electrons. The van der Waals surface area contributed by atoms with Gasteiger partial charge in [0.2, 0.25) is 0 Å². The van der Waals surface area contributed by atoms with Gasteiger partial charge in [-0.05, 0) is 23.6 Å². The zero-order valence-corrected chi connectivity index (χ0v) is 8.34. The minimum Gasteiger partial charge on any atom is -0.398 e. The van der Waals surface area contributed by atoms with Gasteiger partial charge in [-0.3, -0.25) is 0 Å². The second-order valence-electron chi connectivity index (χ2n) is 3.01. The van der Waals surface area contributed by atoms with Crippen LogP contribution in [0.15, 0.2) is 29.6 Å². The van der Waals surface area contributed by atoms with Gasteiger partial charge < -0.3 is 17.2 Å². The maximum absolute atomic E-state index is 5.85. The number of nitrogens with two attached hydrogens (primary N) is 3. The highest BCUT2D eigenvalue weighted by Crippen LogP contribution is 2.37. The molecule has 14 heavy (non-hydrogen) atoms. The third kappa shape index (κ3) is 1.29. The summed E-state index contributed by atoms with van der Waals surface area (Å²) in [5.41, 5.74) is 20.6. The molecular formula is C10H11N3S. The molecular weight excluding hydrogens is 194 g/mol. The Morgan fingerprint density at radius 1 is 0.929 bits per heavy atom. The molecule has 3 nitrogen and oxygen atoms in total. The highest BCUT2D eigenvalue weighted by Gasteiger charge is 2.10. The van der Waals surface area contributed by atoms with E-state index in [2.05, 4.69) is 0 Å².